The summed E-state index contributed by atoms with van der Waals surface area (Å²) < 4.78 is 0. The monoisotopic (exact) mass is 296 g/mol. The standard InChI is InChI=1S/C16H32N4O/c1-12-10-20(11-14(12)19(3)4)9-5-8-16(2,15(17)21)18-13-6-7-13/h12-14,18H,5-11H2,1-4H3,(H2,17,21). The Labute approximate surface area is 129 Å². The van der Waals surface area contributed by atoms with E-state index in [9.17, 15) is 4.79 Å². The first-order valence-corrected chi connectivity index (χ1v) is 8.28. The van der Waals surface area contributed by atoms with E-state index >= 15 is 0 Å². The minimum Gasteiger partial charge on any atom is -0.368 e. The van der Waals surface area contributed by atoms with Crippen molar-refractivity contribution in [3.05, 3.63) is 0 Å². The van der Waals surface area contributed by atoms with Gasteiger partial charge in [0.25, 0.3) is 0 Å². The molecule has 1 heterocycles. The van der Waals surface area contributed by atoms with Crippen LogP contribution in [-0.2, 0) is 4.79 Å². The summed E-state index contributed by atoms with van der Waals surface area (Å²) in [6.07, 6.45) is 4.20. The van der Waals surface area contributed by atoms with Crippen molar-refractivity contribution < 1.29 is 4.79 Å². The number of primary amides is 1. The van der Waals surface area contributed by atoms with Crippen LogP contribution in [-0.4, -0.2) is 67.1 Å². The zero-order valence-electron chi connectivity index (χ0n) is 14.1. The molecule has 1 saturated heterocycles. The highest BCUT2D eigenvalue weighted by molar-refractivity contribution is 5.84. The van der Waals surface area contributed by atoms with Crippen molar-refractivity contribution in [2.75, 3.05) is 33.7 Å². The van der Waals surface area contributed by atoms with Crippen molar-refractivity contribution in [3.8, 4) is 0 Å². The molecule has 3 unspecified atom stereocenters. The van der Waals surface area contributed by atoms with Gasteiger partial charge in [-0.25, -0.2) is 0 Å². The number of nitrogens with zero attached hydrogens (tertiary/aromatic N) is 2. The van der Waals surface area contributed by atoms with Crippen molar-refractivity contribution in [2.24, 2.45) is 11.7 Å². The van der Waals surface area contributed by atoms with E-state index in [0.717, 1.165) is 32.5 Å². The van der Waals surface area contributed by atoms with Gasteiger partial charge in [-0.05, 0) is 59.2 Å². The van der Waals surface area contributed by atoms with Gasteiger partial charge in [-0.3, -0.25) is 4.79 Å². The van der Waals surface area contributed by atoms with Gasteiger partial charge >= 0.3 is 0 Å². The van der Waals surface area contributed by atoms with E-state index < -0.39 is 5.54 Å². The van der Waals surface area contributed by atoms with Crippen molar-refractivity contribution in [2.45, 2.75) is 57.2 Å². The molecular formula is C16H32N4O. The lowest BCUT2D eigenvalue weighted by Crippen LogP contribution is -2.54. The summed E-state index contributed by atoms with van der Waals surface area (Å²) in [7, 11) is 4.32. The number of hydrogen-bond acceptors (Lipinski definition) is 4. The molecule has 2 fully saturated rings. The summed E-state index contributed by atoms with van der Waals surface area (Å²) in [5, 5.41) is 3.43. The third kappa shape index (κ3) is 4.41. The number of likely N-dealkylation sites (N-methyl/N-ethyl adjacent to an activating group) is 1. The molecule has 2 rings (SSSR count). The predicted octanol–water partition coefficient (Wildman–Crippen LogP) is 0.645. The van der Waals surface area contributed by atoms with E-state index in [4.69, 9.17) is 5.73 Å². The molecule has 3 atom stereocenters. The average molecular weight is 296 g/mol. The first-order valence-electron chi connectivity index (χ1n) is 8.28. The fourth-order valence-corrected chi connectivity index (χ4v) is 3.50. The van der Waals surface area contributed by atoms with Gasteiger partial charge < -0.3 is 20.9 Å². The lowest BCUT2D eigenvalue weighted by molar-refractivity contribution is -0.124. The van der Waals surface area contributed by atoms with Crippen molar-refractivity contribution in [1.29, 1.82) is 0 Å². The molecule has 1 amide bonds. The van der Waals surface area contributed by atoms with Crippen LogP contribution >= 0.6 is 0 Å². The van der Waals surface area contributed by atoms with Crippen LogP contribution < -0.4 is 11.1 Å². The number of carbonyl (C=O) groups excluding carboxylic acids is 1. The number of carbonyl (C=O) groups is 1. The Morgan fingerprint density at radius 1 is 1.38 bits per heavy atom. The smallest absolute Gasteiger partial charge is 0.237 e. The number of amides is 1. The molecule has 5 heteroatoms. The van der Waals surface area contributed by atoms with Crippen LogP contribution in [0.2, 0.25) is 0 Å². The number of likely N-dealkylation sites (tertiary alicyclic amines) is 1. The summed E-state index contributed by atoms with van der Waals surface area (Å²) >= 11 is 0. The fraction of sp³-hybridized carbons (Fsp3) is 0.938. The van der Waals surface area contributed by atoms with Crippen LogP contribution in [0.15, 0.2) is 0 Å². The maximum Gasteiger partial charge on any atom is 0.237 e. The molecule has 2 aliphatic rings. The summed E-state index contributed by atoms with van der Waals surface area (Å²) in [5.74, 6) is 0.502. The molecule has 0 aromatic rings. The normalized spacial score (nSPS) is 29.8. The molecule has 0 radical (unpaired) electrons. The number of nitrogens with one attached hydrogen (secondary N) is 1. The second-order valence-electron chi connectivity index (χ2n) is 7.49. The zero-order valence-corrected chi connectivity index (χ0v) is 14.1. The first-order chi connectivity index (χ1) is 9.82. The second-order valence-corrected chi connectivity index (χ2v) is 7.49. The van der Waals surface area contributed by atoms with Crippen LogP contribution in [0.3, 0.4) is 0 Å². The Balaban J connectivity index is 1.76. The highest BCUT2D eigenvalue weighted by Crippen LogP contribution is 2.25. The minimum atomic E-state index is -0.534. The van der Waals surface area contributed by atoms with E-state index in [2.05, 4.69) is 36.1 Å². The lowest BCUT2D eigenvalue weighted by atomic mass is 9.94. The average Bonchev–Trinajstić information content (AvgIpc) is 3.10. The molecule has 122 valence electrons. The van der Waals surface area contributed by atoms with Gasteiger partial charge in [-0.15, -0.1) is 0 Å². The Kier molecular flexibility index (Phi) is 5.28. The number of nitrogens with two attached hydrogens (primary N) is 1. The van der Waals surface area contributed by atoms with Crippen LogP contribution in [0.25, 0.3) is 0 Å². The van der Waals surface area contributed by atoms with E-state index in [-0.39, 0.29) is 5.91 Å². The molecule has 3 N–H and O–H groups in total. The van der Waals surface area contributed by atoms with E-state index in [1.165, 1.54) is 12.8 Å². The van der Waals surface area contributed by atoms with Gasteiger partial charge in [0, 0.05) is 25.2 Å². The first kappa shape index (κ1) is 16.7. The molecule has 1 saturated carbocycles. The third-order valence-corrected chi connectivity index (χ3v) is 5.11. The van der Waals surface area contributed by atoms with Crippen molar-refractivity contribution >= 4 is 5.91 Å². The largest absolute Gasteiger partial charge is 0.368 e. The Hall–Kier alpha value is -0.650. The molecule has 0 aromatic heterocycles. The Morgan fingerprint density at radius 3 is 2.52 bits per heavy atom. The molecule has 1 aliphatic heterocycles. The quantitative estimate of drug-likeness (QED) is 0.690. The molecular weight excluding hydrogens is 264 g/mol. The van der Waals surface area contributed by atoms with Crippen molar-refractivity contribution in [1.82, 2.24) is 15.1 Å². The van der Waals surface area contributed by atoms with Gasteiger partial charge in [-0.1, -0.05) is 6.92 Å². The van der Waals surface area contributed by atoms with Crippen LogP contribution in [0.5, 0.6) is 0 Å². The highest BCUT2D eigenvalue weighted by atomic mass is 16.1. The third-order valence-electron chi connectivity index (χ3n) is 5.11. The van der Waals surface area contributed by atoms with Gasteiger partial charge in [0.15, 0.2) is 0 Å². The van der Waals surface area contributed by atoms with Crippen LogP contribution in [0, 0.1) is 5.92 Å². The number of hydrogen-bond donors (Lipinski definition) is 2. The van der Waals surface area contributed by atoms with Crippen LogP contribution in [0.4, 0.5) is 0 Å². The SMILES string of the molecule is CC1CN(CCCC(C)(NC2CC2)C(N)=O)CC1N(C)C. The van der Waals surface area contributed by atoms with Crippen molar-refractivity contribution in [3.63, 3.8) is 0 Å². The van der Waals surface area contributed by atoms with Gasteiger partial charge in [-0.2, -0.15) is 0 Å². The number of rotatable bonds is 8. The Morgan fingerprint density at radius 2 is 2.05 bits per heavy atom. The molecule has 0 spiro atoms. The van der Waals surface area contributed by atoms with Gasteiger partial charge in [0.1, 0.15) is 0 Å². The summed E-state index contributed by atoms with van der Waals surface area (Å²) in [5.41, 5.74) is 5.07. The highest BCUT2D eigenvalue weighted by Gasteiger charge is 2.37. The predicted molar refractivity (Wildman–Crippen MR) is 86.1 cm³/mol. The molecule has 5 nitrogen and oxygen atoms in total. The molecule has 1 aliphatic carbocycles. The maximum absolute atomic E-state index is 11.7. The Bertz CT molecular complexity index is 369. The van der Waals surface area contributed by atoms with Crippen LogP contribution in [0.1, 0.15) is 39.5 Å². The molecule has 21 heavy (non-hydrogen) atoms. The minimum absolute atomic E-state index is 0.213. The zero-order chi connectivity index (χ0) is 15.6. The van der Waals surface area contributed by atoms with Gasteiger partial charge in [0.05, 0.1) is 5.54 Å². The molecule has 0 bridgehead atoms. The fourth-order valence-electron chi connectivity index (χ4n) is 3.50. The van der Waals surface area contributed by atoms with E-state index in [1.807, 2.05) is 6.92 Å². The van der Waals surface area contributed by atoms with Gasteiger partial charge in [0.2, 0.25) is 5.91 Å². The summed E-state index contributed by atoms with van der Waals surface area (Å²) in [6, 6.07) is 1.16. The summed E-state index contributed by atoms with van der Waals surface area (Å²) in [4.78, 5) is 16.6. The topological polar surface area (TPSA) is 61.6 Å². The van der Waals surface area contributed by atoms with E-state index in [1.54, 1.807) is 0 Å². The van der Waals surface area contributed by atoms with E-state index in [0.29, 0.717) is 18.0 Å². The molecule has 0 aromatic carbocycles. The maximum atomic E-state index is 11.7. The summed E-state index contributed by atoms with van der Waals surface area (Å²) in [6.45, 7) is 7.64. The lowest BCUT2D eigenvalue weighted by Gasteiger charge is -2.28. The second kappa shape index (κ2) is 6.63.